The number of rotatable bonds is 6. The van der Waals surface area contributed by atoms with E-state index in [0.29, 0.717) is 24.6 Å². The van der Waals surface area contributed by atoms with Crippen molar-refractivity contribution in [1.29, 1.82) is 0 Å². The van der Waals surface area contributed by atoms with Crippen LogP contribution < -0.4 is 5.32 Å². The maximum Gasteiger partial charge on any atom is 0.275 e. The molecule has 1 aromatic heterocycles. The van der Waals surface area contributed by atoms with Gasteiger partial charge in [0, 0.05) is 25.2 Å². The van der Waals surface area contributed by atoms with Crippen LogP contribution in [0.3, 0.4) is 0 Å². The first-order chi connectivity index (χ1) is 15.2. The van der Waals surface area contributed by atoms with Crippen LogP contribution in [0.15, 0.2) is 65.3 Å². The second-order valence-electron chi connectivity index (χ2n) is 7.88. The monoisotopic (exact) mass is 417 g/mol. The largest absolute Gasteiger partial charge is 0.444 e. The van der Waals surface area contributed by atoms with Crippen molar-refractivity contribution < 1.29 is 14.0 Å². The number of benzene rings is 2. The molecule has 6 nitrogen and oxygen atoms in total. The molecule has 0 radical (unpaired) electrons. The number of nitrogens with zero attached hydrogens (tertiary/aromatic N) is 2. The van der Waals surface area contributed by atoms with Crippen LogP contribution in [0.1, 0.15) is 47.3 Å². The van der Waals surface area contributed by atoms with Gasteiger partial charge in [-0.1, -0.05) is 55.3 Å². The fraction of sp³-hybridized carbons (Fsp3) is 0.320. The van der Waals surface area contributed by atoms with Crippen LogP contribution >= 0.6 is 0 Å². The molecule has 3 aromatic rings. The number of likely N-dealkylation sites (tertiary alicyclic amines) is 1. The van der Waals surface area contributed by atoms with Crippen LogP contribution in [-0.2, 0) is 17.8 Å². The highest BCUT2D eigenvalue weighted by molar-refractivity contribution is 5.92. The number of amides is 2. The molecule has 6 heteroatoms. The molecule has 0 atom stereocenters. The highest BCUT2D eigenvalue weighted by atomic mass is 16.3. The maximum absolute atomic E-state index is 12.7. The van der Waals surface area contributed by atoms with Gasteiger partial charge in [0.1, 0.15) is 6.26 Å². The van der Waals surface area contributed by atoms with Crippen LogP contribution in [0, 0.1) is 0 Å². The Labute approximate surface area is 182 Å². The van der Waals surface area contributed by atoms with Gasteiger partial charge in [-0.3, -0.25) is 9.59 Å². The molecule has 4 rings (SSSR count). The lowest BCUT2D eigenvalue weighted by Gasteiger charge is -2.18. The third kappa shape index (κ3) is 5.60. The number of aromatic nitrogens is 1. The highest BCUT2D eigenvalue weighted by Gasteiger charge is 2.21. The van der Waals surface area contributed by atoms with E-state index < -0.39 is 0 Å². The SMILES string of the molecule is O=C(Cc1ccccc1)NCc1ccc(-c2nc(C(=O)N3CCCCCC3)co2)cc1. The van der Waals surface area contributed by atoms with Crippen molar-refractivity contribution >= 4 is 11.8 Å². The number of carbonyl (C=O) groups excluding carboxylic acids is 2. The highest BCUT2D eigenvalue weighted by Crippen LogP contribution is 2.21. The summed E-state index contributed by atoms with van der Waals surface area (Å²) in [7, 11) is 0. The van der Waals surface area contributed by atoms with Crippen LogP contribution in [0.5, 0.6) is 0 Å². The average molecular weight is 418 g/mol. The zero-order chi connectivity index (χ0) is 21.5. The van der Waals surface area contributed by atoms with Crippen molar-refractivity contribution in [1.82, 2.24) is 15.2 Å². The Hall–Kier alpha value is -3.41. The Bertz CT molecular complexity index is 1000. The second kappa shape index (κ2) is 10.1. The first-order valence-electron chi connectivity index (χ1n) is 10.8. The van der Waals surface area contributed by atoms with Crippen molar-refractivity contribution in [3.05, 3.63) is 77.7 Å². The molecule has 1 aliphatic heterocycles. The topological polar surface area (TPSA) is 75.4 Å². The number of nitrogens with one attached hydrogen (secondary N) is 1. The van der Waals surface area contributed by atoms with Crippen molar-refractivity contribution in [2.24, 2.45) is 0 Å². The first kappa shape index (κ1) is 20.8. The first-order valence-corrected chi connectivity index (χ1v) is 10.8. The average Bonchev–Trinajstić information content (AvgIpc) is 3.13. The van der Waals surface area contributed by atoms with E-state index in [1.54, 1.807) is 0 Å². The molecule has 1 aliphatic rings. The second-order valence-corrected chi connectivity index (χ2v) is 7.88. The Morgan fingerprint density at radius 1 is 0.903 bits per heavy atom. The molecule has 0 unspecified atom stereocenters. The van der Waals surface area contributed by atoms with E-state index in [1.807, 2.05) is 59.5 Å². The molecule has 0 bridgehead atoms. The number of carbonyl (C=O) groups is 2. The van der Waals surface area contributed by atoms with E-state index in [1.165, 1.54) is 19.1 Å². The van der Waals surface area contributed by atoms with Crippen molar-refractivity contribution in [2.45, 2.75) is 38.6 Å². The van der Waals surface area contributed by atoms with Crippen LogP contribution in [-0.4, -0.2) is 34.8 Å². The summed E-state index contributed by atoms with van der Waals surface area (Å²) >= 11 is 0. The molecule has 31 heavy (non-hydrogen) atoms. The zero-order valence-electron chi connectivity index (χ0n) is 17.5. The predicted molar refractivity (Wildman–Crippen MR) is 118 cm³/mol. The van der Waals surface area contributed by atoms with E-state index in [-0.39, 0.29) is 11.8 Å². The molecule has 0 spiro atoms. The lowest BCUT2D eigenvalue weighted by atomic mass is 10.1. The van der Waals surface area contributed by atoms with Crippen molar-refractivity contribution in [3.8, 4) is 11.5 Å². The van der Waals surface area contributed by atoms with Gasteiger partial charge < -0.3 is 14.6 Å². The molecule has 160 valence electrons. The minimum absolute atomic E-state index is 0.0142. The fourth-order valence-electron chi connectivity index (χ4n) is 3.75. The Morgan fingerprint density at radius 3 is 2.32 bits per heavy atom. The van der Waals surface area contributed by atoms with Gasteiger partial charge in [-0.2, -0.15) is 0 Å². The van der Waals surface area contributed by atoms with E-state index in [9.17, 15) is 9.59 Å². The van der Waals surface area contributed by atoms with Gasteiger partial charge in [-0.05, 0) is 36.1 Å². The standard InChI is InChI=1S/C25H27N3O3/c29-23(16-19-8-4-3-5-9-19)26-17-20-10-12-21(13-11-20)24-27-22(18-31-24)25(30)28-14-6-1-2-7-15-28/h3-5,8-13,18H,1-2,6-7,14-17H2,(H,26,29). The Morgan fingerprint density at radius 2 is 1.61 bits per heavy atom. The molecular weight excluding hydrogens is 390 g/mol. The lowest BCUT2D eigenvalue weighted by Crippen LogP contribution is -2.32. The summed E-state index contributed by atoms with van der Waals surface area (Å²) in [6.07, 6.45) is 6.24. The summed E-state index contributed by atoms with van der Waals surface area (Å²) < 4.78 is 5.57. The van der Waals surface area contributed by atoms with Crippen molar-refractivity contribution in [2.75, 3.05) is 13.1 Å². The summed E-state index contributed by atoms with van der Waals surface area (Å²) in [6, 6.07) is 17.3. The number of oxazole rings is 1. The third-order valence-corrected chi connectivity index (χ3v) is 5.51. The van der Waals surface area contributed by atoms with Gasteiger partial charge in [0.05, 0.1) is 6.42 Å². The fourth-order valence-corrected chi connectivity index (χ4v) is 3.75. The van der Waals surface area contributed by atoms with Gasteiger partial charge in [-0.15, -0.1) is 0 Å². The minimum atomic E-state index is -0.0605. The molecule has 0 aliphatic carbocycles. The van der Waals surface area contributed by atoms with Crippen LogP contribution in [0.2, 0.25) is 0 Å². The molecule has 2 heterocycles. The lowest BCUT2D eigenvalue weighted by molar-refractivity contribution is -0.120. The molecule has 0 saturated carbocycles. The van der Waals surface area contributed by atoms with Gasteiger partial charge in [0.25, 0.3) is 5.91 Å². The summed E-state index contributed by atoms with van der Waals surface area (Å²) in [5.41, 5.74) is 3.13. The van der Waals surface area contributed by atoms with Crippen molar-refractivity contribution in [3.63, 3.8) is 0 Å². The van der Waals surface area contributed by atoms with E-state index in [2.05, 4.69) is 10.3 Å². The van der Waals surface area contributed by atoms with Gasteiger partial charge >= 0.3 is 0 Å². The number of hydrogen-bond donors (Lipinski definition) is 1. The summed E-state index contributed by atoms with van der Waals surface area (Å²) in [4.78, 5) is 31.1. The maximum atomic E-state index is 12.7. The van der Waals surface area contributed by atoms with Gasteiger partial charge in [0.2, 0.25) is 11.8 Å². The predicted octanol–water partition coefficient (Wildman–Crippen LogP) is 4.22. The molecule has 1 saturated heterocycles. The molecular formula is C25H27N3O3. The summed E-state index contributed by atoms with van der Waals surface area (Å²) in [6.45, 7) is 2.02. The van der Waals surface area contributed by atoms with E-state index in [0.717, 1.165) is 42.6 Å². The molecule has 2 amide bonds. The van der Waals surface area contributed by atoms with Crippen LogP contribution in [0.4, 0.5) is 0 Å². The summed E-state index contributed by atoms with van der Waals surface area (Å²) in [5.74, 6) is 0.354. The molecule has 1 fully saturated rings. The normalized spacial score (nSPS) is 14.1. The summed E-state index contributed by atoms with van der Waals surface area (Å²) in [5, 5.41) is 2.94. The van der Waals surface area contributed by atoms with Gasteiger partial charge in [0.15, 0.2) is 5.69 Å². The van der Waals surface area contributed by atoms with E-state index in [4.69, 9.17) is 4.42 Å². The quantitative estimate of drug-likeness (QED) is 0.652. The zero-order valence-corrected chi connectivity index (χ0v) is 17.5. The minimum Gasteiger partial charge on any atom is -0.444 e. The van der Waals surface area contributed by atoms with E-state index >= 15 is 0 Å². The number of hydrogen-bond acceptors (Lipinski definition) is 4. The molecule has 1 N–H and O–H groups in total. The Balaban J connectivity index is 1.33. The third-order valence-electron chi connectivity index (χ3n) is 5.51. The van der Waals surface area contributed by atoms with Gasteiger partial charge in [-0.25, -0.2) is 4.98 Å². The smallest absolute Gasteiger partial charge is 0.275 e. The van der Waals surface area contributed by atoms with Crippen LogP contribution in [0.25, 0.3) is 11.5 Å². The molecule has 2 aromatic carbocycles. The Kier molecular flexibility index (Phi) is 6.77.